The number of pyridine rings is 1. The minimum Gasteiger partial charge on any atom is -0.477 e. The summed E-state index contributed by atoms with van der Waals surface area (Å²) in [5, 5.41) is 16.0. The molecule has 1 saturated heterocycles. The minimum atomic E-state index is -3.94. The Morgan fingerprint density at radius 1 is 1.18 bits per heavy atom. The molecule has 0 spiro atoms. The lowest BCUT2D eigenvalue weighted by Gasteiger charge is -2.33. The van der Waals surface area contributed by atoms with E-state index in [0.717, 1.165) is 17.6 Å². The van der Waals surface area contributed by atoms with E-state index < -0.39 is 27.9 Å². The third-order valence-corrected chi connectivity index (χ3v) is 8.47. The van der Waals surface area contributed by atoms with Gasteiger partial charge in [-0.3, -0.25) is 14.3 Å². The Morgan fingerprint density at radius 3 is 2.40 bits per heavy atom. The number of amides is 3. The fourth-order valence-corrected chi connectivity index (χ4v) is 5.68. The van der Waals surface area contributed by atoms with Crippen molar-refractivity contribution >= 4 is 33.6 Å². The predicted molar refractivity (Wildman–Crippen MR) is 145 cm³/mol. The summed E-state index contributed by atoms with van der Waals surface area (Å²) in [6, 6.07) is 1.21. The standard InChI is InChI=1S/C24H36N8O7S/c1-5-18-19(20(21(25)33)28-32(18)13-8-29(4)24(35)36)27-22(34)17-14-16(15-26-23(17)39-7-3)40(37,38)31-11-9-30(6-2)10-12-31/h14-15H,5-13H2,1-4H3,(H2,25,33)(H,27,34)(H,35,36). The van der Waals surface area contributed by atoms with E-state index in [-0.39, 0.29) is 47.4 Å². The van der Waals surface area contributed by atoms with Gasteiger partial charge < -0.3 is 30.7 Å². The van der Waals surface area contributed by atoms with Gasteiger partial charge >= 0.3 is 6.09 Å². The van der Waals surface area contributed by atoms with Crippen molar-refractivity contribution in [1.82, 2.24) is 28.9 Å². The van der Waals surface area contributed by atoms with Crippen LogP contribution in [0.15, 0.2) is 17.2 Å². The number of nitrogens with two attached hydrogens (primary N) is 1. The van der Waals surface area contributed by atoms with Gasteiger partial charge in [0.05, 0.1) is 30.7 Å². The van der Waals surface area contributed by atoms with Crippen LogP contribution < -0.4 is 15.8 Å². The van der Waals surface area contributed by atoms with Gasteiger partial charge in [-0.05, 0) is 26.0 Å². The fourth-order valence-electron chi connectivity index (χ4n) is 4.29. The number of likely N-dealkylation sites (N-methyl/N-ethyl adjacent to an activating group) is 2. The molecule has 1 aliphatic heterocycles. The monoisotopic (exact) mass is 580 g/mol. The van der Waals surface area contributed by atoms with E-state index in [4.69, 9.17) is 15.6 Å². The van der Waals surface area contributed by atoms with Crippen molar-refractivity contribution in [3.63, 3.8) is 0 Å². The molecule has 15 nitrogen and oxygen atoms in total. The molecule has 3 amide bonds. The summed E-state index contributed by atoms with van der Waals surface area (Å²) in [7, 11) is -2.55. The van der Waals surface area contributed by atoms with Crippen molar-refractivity contribution in [2.75, 3.05) is 58.2 Å². The van der Waals surface area contributed by atoms with Gasteiger partial charge in [0.25, 0.3) is 11.8 Å². The van der Waals surface area contributed by atoms with Gasteiger partial charge in [-0.1, -0.05) is 13.8 Å². The molecular weight excluding hydrogens is 544 g/mol. The van der Waals surface area contributed by atoms with Gasteiger partial charge in [0.2, 0.25) is 15.9 Å². The van der Waals surface area contributed by atoms with Crippen LogP contribution in [-0.4, -0.2) is 113 Å². The number of aromatic nitrogens is 3. The summed E-state index contributed by atoms with van der Waals surface area (Å²) in [5.74, 6) is -1.76. The van der Waals surface area contributed by atoms with Crippen molar-refractivity contribution in [2.45, 2.75) is 38.6 Å². The molecule has 0 aliphatic carbocycles. The lowest BCUT2D eigenvalue weighted by molar-refractivity contribution is 0.0995. The number of carbonyl (C=O) groups excluding carboxylic acids is 2. The van der Waals surface area contributed by atoms with Crippen LogP contribution in [0.25, 0.3) is 0 Å². The quantitative estimate of drug-likeness (QED) is 0.319. The molecule has 0 unspecified atom stereocenters. The zero-order valence-electron chi connectivity index (χ0n) is 23.1. The Bertz CT molecular complexity index is 1350. The Labute approximate surface area is 232 Å². The van der Waals surface area contributed by atoms with E-state index in [2.05, 4.69) is 20.3 Å². The van der Waals surface area contributed by atoms with Gasteiger partial charge in [-0.15, -0.1) is 0 Å². The van der Waals surface area contributed by atoms with Crippen LogP contribution in [-0.2, 0) is 23.0 Å². The number of ether oxygens (including phenoxy) is 1. The first-order valence-corrected chi connectivity index (χ1v) is 14.4. The molecule has 0 saturated carbocycles. The normalized spacial score (nSPS) is 14.6. The second-order valence-corrected chi connectivity index (χ2v) is 11.0. The van der Waals surface area contributed by atoms with Gasteiger partial charge in [-0.25, -0.2) is 18.2 Å². The van der Waals surface area contributed by atoms with E-state index >= 15 is 0 Å². The molecule has 2 aromatic rings. The summed E-state index contributed by atoms with van der Waals surface area (Å²) in [6.07, 6.45) is 0.348. The third kappa shape index (κ3) is 6.68. The van der Waals surface area contributed by atoms with Crippen LogP contribution >= 0.6 is 0 Å². The number of hydrogen-bond donors (Lipinski definition) is 3. The summed E-state index contributed by atoms with van der Waals surface area (Å²) in [4.78, 5) is 44.1. The van der Waals surface area contributed by atoms with E-state index in [9.17, 15) is 22.8 Å². The maximum atomic E-state index is 13.5. The van der Waals surface area contributed by atoms with Gasteiger partial charge in [0.15, 0.2) is 5.69 Å². The Kier molecular flexibility index (Phi) is 10.1. The molecule has 40 heavy (non-hydrogen) atoms. The maximum absolute atomic E-state index is 13.5. The van der Waals surface area contributed by atoms with Crippen molar-refractivity contribution in [3.05, 3.63) is 29.2 Å². The van der Waals surface area contributed by atoms with Crippen molar-refractivity contribution in [2.24, 2.45) is 5.73 Å². The summed E-state index contributed by atoms with van der Waals surface area (Å²) < 4.78 is 35.0. The zero-order chi connectivity index (χ0) is 29.6. The van der Waals surface area contributed by atoms with E-state index in [1.54, 1.807) is 13.8 Å². The van der Waals surface area contributed by atoms with Crippen LogP contribution in [0.3, 0.4) is 0 Å². The predicted octanol–water partition coefficient (Wildman–Crippen LogP) is 0.526. The van der Waals surface area contributed by atoms with E-state index in [0.29, 0.717) is 38.3 Å². The molecule has 0 bridgehead atoms. The zero-order valence-corrected chi connectivity index (χ0v) is 23.9. The van der Waals surface area contributed by atoms with Crippen LogP contribution in [0.2, 0.25) is 0 Å². The minimum absolute atomic E-state index is 0.0457. The summed E-state index contributed by atoms with van der Waals surface area (Å²) in [5.41, 5.74) is 5.65. The molecule has 220 valence electrons. The highest BCUT2D eigenvalue weighted by Crippen LogP contribution is 2.27. The number of nitrogens with one attached hydrogen (secondary N) is 1. The molecule has 1 fully saturated rings. The molecule has 3 rings (SSSR count). The molecule has 0 radical (unpaired) electrons. The first-order chi connectivity index (χ1) is 18.9. The topological polar surface area (TPSA) is 193 Å². The van der Waals surface area contributed by atoms with Crippen LogP contribution in [0.5, 0.6) is 5.88 Å². The first-order valence-electron chi connectivity index (χ1n) is 12.9. The smallest absolute Gasteiger partial charge is 0.407 e. The third-order valence-electron chi connectivity index (χ3n) is 6.61. The number of rotatable bonds is 12. The molecule has 0 aromatic carbocycles. The largest absolute Gasteiger partial charge is 0.477 e. The molecule has 0 atom stereocenters. The Hall–Kier alpha value is -3.76. The van der Waals surface area contributed by atoms with Gasteiger partial charge in [-0.2, -0.15) is 9.40 Å². The Morgan fingerprint density at radius 2 is 1.85 bits per heavy atom. The molecule has 1 aliphatic rings. The summed E-state index contributed by atoms with van der Waals surface area (Å²) in [6.45, 7) is 8.44. The molecule has 16 heteroatoms. The summed E-state index contributed by atoms with van der Waals surface area (Å²) >= 11 is 0. The molecular formula is C24H36N8O7S. The number of anilines is 1. The first kappa shape index (κ1) is 30.8. The Balaban J connectivity index is 1.97. The van der Waals surface area contributed by atoms with Crippen molar-refractivity contribution in [1.29, 1.82) is 0 Å². The highest BCUT2D eigenvalue weighted by Gasteiger charge is 2.31. The molecule has 4 N–H and O–H groups in total. The average Bonchev–Trinajstić information content (AvgIpc) is 3.28. The highest BCUT2D eigenvalue weighted by atomic mass is 32.2. The number of sulfonamides is 1. The number of hydrogen-bond acceptors (Lipinski definition) is 9. The fraction of sp³-hybridized carbons (Fsp3) is 0.542. The highest BCUT2D eigenvalue weighted by molar-refractivity contribution is 7.89. The lowest BCUT2D eigenvalue weighted by atomic mass is 10.2. The van der Waals surface area contributed by atoms with Gasteiger partial charge in [0.1, 0.15) is 10.5 Å². The van der Waals surface area contributed by atoms with Crippen LogP contribution in [0.1, 0.15) is 47.3 Å². The number of carbonyl (C=O) groups is 3. The molecule has 3 heterocycles. The number of primary amides is 1. The van der Waals surface area contributed by atoms with Crippen LogP contribution in [0, 0.1) is 0 Å². The van der Waals surface area contributed by atoms with Crippen molar-refractivity contribution in [3.8, 4) is 5.88 Å². The second kappa shape index (κ2) is 13.1. The second-order valence-electron chi connectivity index (χ2n) is 9.06. The lowest BCUT2D eigenvalue weighted by Crippen LogP contribution is -2.48. The average molecular weight is 581 g/mol. The van der Waals surface area contributed by atoms with Crippen LogP contribution in [0.4, 0.5) is 10.5 Å². The van der Waals surface area contributed by atoms with Gasteiger partial charge in [0, 0.05) is 39.8 Å². The number of piperazine rings is 1. The van der Waals surface area contributed by atoms with E-state index in [1.165, 1.54) is 22.1 Å². The number of nitrogens with zero attached hydrogens (tertiary/aromatic N) is 6. The molecule has 2 aromatic heterocycles. The number of carboxylic acid groups (broad SMARTS) is 1. The SMILES string of the molecule is CCOc1ncc(S(=O)(=O)N2CCN(CC)CC2)cc1C(=O)Nc1c(C(N)=O)nn(CCN(C)C(=O)O)c1CC. The van der Waals surface area contributed by atoms with Crippen molar-refractivity contribution < 1.29 is 32.6 Å². The van der Waals surface area contributed by atoms with E-state index in [1.807, 2.05) is 6.92 Å². The maximum Gasteiger partial charge on any atom is 0.407 e.